The normalized spacial score (nSPS) is 8.40. The highest BCUT2D eigenvalue weighted by Crippen LogP contribution is 2.02. The second kappa shape index (κ2) is 5.35. The smallest absolute Gasteiger partial charge is 0.139 e. The zero-order chi connectivity index (χ0) is 7.98. The van der Waals surface area contributed by atoms with E-state index in [0.29, 0.717) is 0 Å². The lowest BCUT2D eigenvalue weighted by molar-refractivity contribution is 1.05. The fourth-order valence-corrected chi connectivity index (χ4v) is 1.06. The molecule has 0 fully saturated rings. The van der Waals surface area contributed by atoms with Gasteiger partial charge in [0.05, 0.1) is 0 Å². The predicted octanol–water partition coefficient (Wildman–Crippen LogP) is 2.44. The van der Waals surface area contributed by atoms with Crippen LogP contribution in [0.25, 0.3) is 0 Å². The number of nitrogens with zero attached hydrogens (tertiary/aromatic N) is 2. The van der Waals surface area contributed by atoms with Gasteiger partial charge in [0.25, 0.3) is 0 Å². The lowest BCUT2D eigenvalue weighted by atomic mass is 10.5. The summed E-state index contributed by atoms with van der Waals surface area (Å²) < 4.78 is 4.02. The molecule has 0 unspecified atom stereocenters. The maximum Gasteiger partial charge on any atom is 0.139 e. The van der Waals surface area contributed by atoms with Crippen molar-refractivity contribution in [2.45, 2.75) is 34.1 Å². The van der Waals surface area contributed by atoms with Gasteiger partial charge in [-0.25, -0.2) is 4.98 Å². The summed E-state index contributed by atoms with van der Waals surface area (Å²) in [5, 5.41) is 1.13. The van der Waals surface area contributed by atoms with E-state index in [1.54, 1.807) is 0 Å². The molecule has 0 atom stereocenters. The van der Waals surface area contributed by atoms with Crippen LogP contribution in [0.3, 0.4) is 0 Å². The Bertz CT molecular complexity index is 172. The van der Waals surface area contributed by atoms with E-state index in [9.17, 15) is 0 Å². The molecule has 58 valence electrons. The van der Waals surface area contributed by atoms with Gasteiger partial charge in [-0.15, -0.1) is 0 Å². The topological polar surface area (TPSA) is 25.8 Å². The molecule has 1 aromatic rings. The third-order valence-electron chi connectivity index (χ3n) is 0.872. The van der Waals surface area contributed by atoms with E-state index in [1.165, 1.54) is 11.5 Å². The van der Waals surface area contributed by atoms with Crippen molar-refractivity contribution in [2.24, 2.45) is 0 Å². The first-order valence-electron chi connectivity index (χ1n) is 3.62. The second-order valence-electron chi connectivity index (χ2n) is 1.59. The van der Waals surface area contributed by atoms with E-state index in [2.05, 4.69) is 16.3 Å². The van der Waals surface area contributed by atoms with E-state index in [1.807, 2.05) is 20.8 Å². The predicted molar refractivity (Wildman–Crippen MR) is 45.4 cm³/mol. The zero-order valence-electron chi connectivity index (χ0n) is 7.01. The van der Waals surface area contributed by atoms with Gasteiger partial charge in [-0.2, -0.15) is 4.37 Å². The van der Waals surface area contributed by atoms with Crippen LogP contribution in [0.1, 0.15) is 31.6 Å². The molecule has 2 nitrogen and oxygen atoms in total. The molecule has 0 aromatic carbocycles. The highest BCUT2D eigenvalue weighted by atomic mass is 32.1. The van der Waals surface area contributed by atoms with Crippen LogP contribution >= 0.6 is 11.5 Å². The van der Waals surface area contributed by atoms with Crippen LogP contribution < -0.4 is 0 Å². The number of hydrogen-bond donors (Lipinski definition) is 0. The monoisotopic (exact) mass is 158 g/mol. The van der Waals surface area contributed by atoms with Crippen molar-refractivity contribution in [3.05, 3.63) is 10.8 Å². The molecule has 0 bridgehead atoms. The first kappa shape index (κ1) is 9.56. The lowest BCUT2D eigenvalue weighted by Gasteiger charge is -1.76. The SMILES string of the molecule is CC.CCc1nc(C)ns1. The molecule has 0 amide bonds. The summed E-state index contributed by atoms with van der Waals surface area (Å²) in [5.74, 6) is 0.895. The first-order chi connectivity index (χ1) is 4.83. The first-order valence-corrected chi connectivity index (χ1v) is 4.39. The minimum atomic E-state index is 0.895. The molecule has 0 aliphatic rings. The van der Waals surface area contributed by atoms with Gasteiger partial charge in [-0.3, -0.25) is 0 Å². The second-order valence-corrected chi connectivity index (χ2v) is 2.43. The molecule has 0 aliphatic heterocycles. The molecule has 0 aliphatic carbocycles. The lowest BCUT2D eigenvalue weighted by Crippen LogP contribution is -1.76. The van der Waals surface area contributed by atoms with Crippen LogP contribution in [-0.2, 0) is 6.42 Å². The molecule has 0 N–H and O–H groups in total. The molecule has 0 radical (unpaired) electrons. The van der Waals surface area contributed by atoms with Gasteiger partial charge < -0.3 is 0 Å². The minimum absolute atomic E-state index is 0.895. The largest absolute Gasteiger partial charge is 0.225 e. The van der Waals surface area contributed by atoms with Gasteiger partial charge in [0.1, 0.15) is 10.8 Å². The third-order valence-corrected chi connectivity index (χ3v) is 1.82. The summed E-state index contributed by atoms with van der Waals surface area (Å²) in [4.78, 5) is 4.14. The van der Waals surface area contributed by atoms with Crippen LogP contribution in [0.5, 0.6) is 0 Å². The molecular weight excluding hydrogens is 144 g/mol. The van der Waals surface area contributed by atoms with Crippen molar-refractivity contribution in [1.29, 1.82) is 0 Å². The Balaban J connectivity index is 0.000000371. The van der Waals surface area contributed by atoms with Crippen LogP contribution in [0, 0.1) is 6.92 Å². The summed E-state index contributed by atoms with van der Waals surface area (Å²) in [6, 6.07) is 0. The quantitative estimate of drug-likeness (QED) is 0.627. The Labute approximate surface area is 66.5 Å². The van der Waals surface area contributed by atoms with Crippen molar-refractivity contribution >= 4 is 11.5 Å². The van der Waals surface area contributed by atoms with Crippen LogP contribution in [0.15, 0.2) is 0 Å². The average molecular weight is 158 g/mol. The fraction of sp³-hybridized carbons (Fsp3) is 0.714. The molecule has 0 saturated heterocycles. The number of rotatable bonds is 1. The molecule has 1 rings (SSSR count). The fourth-order valence-electron chi connectivity index (χ4n) is 0.484. The van der Waals surface area contributed by atoms with E-state index in [-0.39, 0.29) is 0 Å². The maximum absolute atomic E-state index is 4.14. The van der Waals surface area contributed by atoms with E-state index in [0.717, 1.165) is 17.3 Å². The Morgan fingerprint density at radius 1 is 1.40 bits per heavy atom. The number of aromatic nitrogens is 2. The van der Waals surface area contributed by atoms with Crippen LogP contribution in [0.2, 0.25) is 0 Å². The average Bonchev–Trinajstić information content (AvgIpc) is 2.40. The van der Waals surface area contributed by atoms with Crippen molar-refractivity contribution in [3.63, 3.8) is 0 Å². The van der Waals surface area contributed by atoms with E-state index in [4.69, 9.17) is 0 Å². The Morgan fingerprint density at radius 2 is 2.00 bits per heavy atom. The molecule has 10 heavy (non-hydrogen) atoms. The van der Waals surface area contributed by atoms with Crippen molar-refractivity contribution in [1.82, 2.24) is 9.36 Å². The molecule has 1 aromatic heterocycles. The summed E-state index contributed by atoms with van der Waals surface area (Å²) in [6.07, 6.45) is 1.01. The highest BCUT2D eigenvalue weighted by molar-refractivity contribution is 7.05. The highest BCUT2D eigenvalue weighted by Gasteiger charge is 1.93. The molecule has 1 heterocycles. The van der Waals surface area contributed by atoms with Crippen molar-refractivity contribution in [3.8, 4) is 0 Å². The van der Waals surface area contributed by atoms with Gasteiger partial charge >= 0.3 is 0 Å². The summed E-state index contributed by atoms with van der Waals surface area (Å²) in [6.45, 7) is 8.00. The molecule has 0 saturated carbocycles. The van der Waals surface area contributed by atoms with Crippen LogP contribution in [0.4, 0.5) is 0 Å². The standard InChI is InChI=1S/C5H8N2S.C2H6/c1-3-5-6-4(2)7-8-5;1-2/h3H2,1-2H3;1-2H3. The summed E-state index contributed by atoms with van der Waals surface area (Å²) >= 11 is 1.49. The van der Waals surface area contributed by atoms with Gasteiger partial charge in [0, 0.05) is 0 Å². The van der Waals surface area contributed by atoms with E-state index >= 15 is 0 Å². The Morgan fingerprint density at radius 3 is 2.20 bits per heavy atom. The van der Waals surface area contributed by atoms with Gasteiger partial charge in [0.2, 0.25) is 0 Å². The minimum Gasteiger partial charge on any atom is -0.225 e. The van der Waals surface area contributed by atoms with Crippen molar-refractivity contribution < 1.29 is 0 Å². The number of aryl methyl sites for hydroxylation is 2. The van der Waals surface area contributed by atoms with E-state index < -0.39 is 0 Å². The van der Waals surface area contributed by atoms with Gasteiger partial charge in [-0.1, -0.05) is 20.8 Å². The zero-order valence-corrected chi connectivity index (χ0v) is 7.83. The Hall–Kier alpha value is -0.440. The van der Waals surface area contributed by atoms with Crippen LogP contribution in [-0.4, -0.2) is 9.36 Å². The maximum atomic E-state index is 4.14. The Kier molecular flexibility index (Phi) is 5.12. The molecule has 3 heteroatoms. The molecular formula is C7H14N2S. The molecule has 0 spiro atoms. The van der Waals surface area contributed by atoms with Gasteiger partial charge in [0.15, 0.2) is 0 Å². The summed E-state index contributed by atoms with van der Waals surface area (Å²) in [5.41, 5.74) is 0. The van der Waals surface area contributed by atoms with Gasteiger partial charge in [-0.05, 0) is 24.9 Å². The van der Waals surface area contributed by atoms with Crippen molar-refractivity contribution in [2.75, 3.05) is 0 Å². The third kappa shape index (κ3) is 2.92. The number of hydrogen-bond acceptors (Lipinski definition) is 3. The summed E-state index contributed by atoms with van der Waals surface area (Å²) in [7, 11) is 0.